The molecule has 7 heteroatoms. The van der Waals surface area contributed by atoms with Crippen LogP contribution in [0.2, 0.25) is 0 Å². The lowest BCUT2D eigenvalue weighted by molar-refractivity contribution is 0.1000. The Hall–Kier alpha value is -3.48. The number of Topliss-reactive ketones (excluding diaryl/α,β-unsaturated/α-hetero) is 1. The zero-order valence-corrected chi connectivity index (χ0v) is 14.1. The van der Waals surface area contributed by atoms with Crippen LogP contribution in [0, 0.1) is 5.82 Å². The minimum absolute atomic E-state index is 0.0256. The van der Waals surface area contributed by atoms with Crippen molar-refractivity contribution in [1.82, 2.24) is 15.2 Å². The Morgan fingerprint density at radius 1 is 1.11 bits per heavy atom. The Kier molecular flexibility index (Phi) is 3.53. The lowest BCUT2D eigenvalue weighted by Gasteiger charge is -2.26. The van der Waals surface area contributed by atoms with Crippen LogP contribution in [-0.2, 0) is 0 Å². The predicted molar refractivity (Wildman–Crippen MR) is 98.6 cm³/mol. The Morgan fingerprint density at radius 2 is 1.96 bits per heavy atom. The topological polar surface area (TPSA) is 83.4 Å². The molecular weight excluding hydrogens is 345 g/mol. The van der Waals surface area contributed by atoms with Crippen LogP contribution in [0.3, 0.4) is 0 Å². The number of ketones is 1. The van der Waals surface area contributed by atoms with Crippen molar-refractivity contribution in [3.8, 4) is 0 Å². The first kappa shape index (κ1) is 15.7. The van der Waals surface area contributed by atoms with E-state index in [1.165, 1.54) is 18.5 Å². The summed E-state index contributed by atoms with van der Waals surface area (Å²) in [5, 5.41) is 6.92. The van der Waals surface area contributed by atoms with Crippen LogP contribution in [0.5, 0.6) is 0 Å². The van der Waals surface area contributed by atoms with Crippen LogP contribution in [0.25, 0.3) is 0 Å². The second-order valence-electron chi connectivity index (χ2n) is 6.53. The van der Waals surface area contributed by atoms with Gasteiger partial charge in [0.25, 0.3) is 0 Å². The van der Waals surface area contributed by atoms with Crippen molar-refractivity contribution in [3.63, 3.8) is 0 Å². The smallest absolute Gasteiger partial charge is 0.184 e. The maximum absolute atomic E-state index is 13.4. The minimum Gasteiger partial charge on any atom is -0.292 e. The summed E-state index contributed by atoms with van der Waals surface area (Å²) in [7, 11) is 0. The minimum atomic E-state index is -0.308. The van der Waals surface area contributed by atoms with Gasteiger partial charge in [-0.15, -0.1) is 0 Å². The van der Waals surface area contributed by atoms with Crippen molar-refractivity contribution in [2.45, 2.75) is 11.8 Å². The zero-order valence-electron chi connectivity index (χ0n) is 14.1. The zero-order chi connectivity index (χ0) is 18.4. The largest absolute Gasteiger partial charge is 0.292 e. The van der Waals surface area contributed by atoms with Gasteiger partial charge in [-0.05, 0) is 23.8 Å². The van der Waals surface area contributed by atoms with Gasteiger partial charge in [0, 0.05) is 23.3 Å². The molecular formula is C20H14FN5O. The average molecular weight is 359 g/mol. The summed E-state index contributed by atoms with van der Waals surface area (Å²) in [4.78, 5) is 26.0. The van der Waals surface area contributed by atoms with Crippen molar-refractivity contribution >= 4 is 23.4 Å². The SMILES string of the molecule is O=C1CN=C2c3c(cccc31)N=CC(c1ccc(F)cc1)C2c1ncn[nH]1. The summed E-state index contributed by atoms with van der Waals surface area (Å²) in [6.45, 7) is 0.0898. The number of nitrogens with one attached hydrogen (secondary N) is 1. The van der Waals surface area contributed by atoms with Gasteiger partial charge >= 0.3 is 0 Å². The molecule has 0 saturated carbocycles. The molecule has 1 aromatic heterocycles. The van der Waals surface area contributed by atoms with E-state index >= 15 is 0 Å². The summed E-state index contributed by atoms with van der Waals surface area (Å²) < 4.78 is 13.4. The number of nitrogens with zero attached hydrogens (tertiary/aromatic N) is 4. The number of carbonyl (C=O) groups is 1. The highest BCUT2D eigenvalue weighted by Crippen LogP contribution is 2.41. The molecule has 0 fully saturated rings. The molecule has 5 rings (SSSR count). The van der Waals surface area contributed by atoms with E-state index in [-0.39, 0.29) is 30.0 Å². The van der Waals surface area contributed by atoms with Gasteiger partial charge < -0.3 is 0 Å². The molecule has 2 aliphatic heterocycles. The number of rotatable bonds is 2. The summed E-state index contributed by atoms with van der Waals surface area (Å²) >= 11 is 0. The summed E-state index contributed by atoms with van der Waals surface area (Å²) in [5.41, 5.74) is 3.71. The van der Waals surface area contributed by atoms with Gasteiger partial charge in [0.05, 0.1) is 17.3 Å². The fraction of sp³-hybridized carbons (Fsp3) is 0.150. The number of halogens is 1. The van der Waals surface area contributed by atoms with E-state index < -0.39 is 0 Å². The van der Waals surface area contributed by atoms with E-state index in [0.717, 1.165) is 16.8 Å². The molecule has 3 heterocycles. The Morgan fingerprint density at radius 3 is 2.74 bits per heavy atom. The first-order chi connectivity index (χ1) is 13.2. The van der Waals surface area contributed by atoms with Crippen molar-refractivity contribution in [1.29, 1.82) is 0 Å². The highest BCUT2D eigenvalue weighted by atomic mass is 19.1. The standard InChI is InChI=1S/C20H14FN5O/c21-12-6-4-11(5-7-12)14-8-22-15-3-1-2-13-16(27)9-23-19(17(13)15)18(14)20-24-10-25-26-20/h1-8,10,14,18H,9H2,(H,24,25,26). The van der Waals surface area contributed by atoms with Gasteiger partial charge in [-0.3, -0.25) is 19.9 Å². The second kappa shape index (κ2) is 6.05. The van der Waals surface area contributed by atoms with Crippen LogP contribution in [-0.4, -0.2) is 39.4 Å². The highest BCUT2D eigenvalue weighted by Gasteiger charge is 2.38. The van der Waals surface area contributed by atoms with Crippen molar-refractivity contribution in [3.05, 3.63) is 77.1 Å². The molecule has 6 nitrogen and oxygen atoms in total. The molecule has 0 bridgehead atoms. The quantitative estimate of drug-likeness (QED) is 0.763. The van der Waals surface area contributed by atoms with Crippen molar-refractivity contribution < 1.29 is 9.18 Å². The number of hydrogen-bond acceptors (Lipinski definition) is 5. The van der Waals surface area contributed by atoms with Gasteiger partial charge in [0.15, 0.2) is 5.78 Å². The molecule has 0 radical (unpaired) electrons. The molecule has 0 aliphatic carbocycles. The molecule has 2 unspecified atom stereocenters. The number of aromatic amines is 1. The van der Waals surface area contributed by atoms with E-state index in [0.29, 0.717) is 17.1 Å². The molecule has 3 aromatic rings. The highest BCUT2D eigenvalue weighted by molar-refractivity contribution is 6.21. The molecule has 0 spiro atoms. The number of aromatic nitrogens is 3. The van der Waals surface area contributed by atoms with Gasteiger partial charge in [0.2, 0.25) is 0 Å². The van der Waals surface area contributed by atoms with E-state index in [1.54, 1.807) is 18.2 Å². The maximum Gasteiger partial charge on any atom is 0.184 e. The van der Waals surface area contributed by atoms with E-state index in [4.69, 9.17) is 0 Å². The monoisotopic (exact) mass is 359 g/mol. The number of aliphatic imine (C=N–C) groups is 2. The second-order valence-corrected chi connectivity index (χ2v) is 6.53. The Bertz CT molecular complexity index is 1090. The van der Waals surface area contributed by atoms with Crippen LogP contribution >= 0.6 is 0 Å². The molecule has 132 valence electrons. The van der Waals surface area contributed by atoms with E-state index in [1.807, 2.05) is 18.3 Å². The molecule has 2 atom stereocenters. The van der Waals surface area contributed by atoms with Crippen molar-refractivity contribution in [2.75, 3.05) is 6.54 Å². The number of benzene rings is 2. The molecule has 1 N–H and O–H groups in total. The van der Waals surface area contributed by atoms with Crippen LogP contribution < -0.4 is 0 Å². The third kappa shape index (κ3) is 2.51. The van der Waals surface area contributed by atoms with Crippen molar-refractivity contribution in [2.24, 2.45) is 9.98 Å². The third-order valence-electron chi connectivity index (χ3n) is 5.00. The van der Waals surface area contributed by atoms with Crippen LogP contribution in [0.1, 0.15) is 39.1 Å². The first-order valence-corrected chi connectivity index (χ1v) is 8.58. The van der Waals surface area contributed by atoms with Gasteiger partial charge in [-0.1, -0.05) is 24.3 Å². The predicted octanol–water partition coefficient (Wildman–Crippen LogP) is 3.21. The molecule has 27 heavy (non-hydrogen) atoms. The summed E-state index contributed by atoms with van der Waals surface area (Å²) in [6, 6.07) is 11.8. The normalized spacial score (nSPS) is 20.8. The fourth-order valence-electron chi connectivity index (χ4n) is 3.77. The molecule has 0 amide bonds. The molecule has 2 aliphatic rings. The van der Waals surface area contributed by atoms with Crippen LogP contribution in [0.4, 0.5) is 10.1 Å². The van der Waals surface area contributed by atoms with Crippen LogP contribution in [0.15, 0.2) is 58.8 Å². The van der Waals surface area contributed by atoms with Gasteiger partial charge in [0.1, 0.15) is 24.5 Å². The van der Waals surface area contributed by atoms with Gasteiger partial charge in [-0.2, -0.15) is 5.10 Å². The third-order valence-corrected chi connectivity index (χ3v) is 5.00. The maximum atomic E-state index is 13.4. The number of carbonyl (C=O) groups excluding carboxylic acids is 1. The fourth-order valence-corrected chi connectivity index (χ4v) is 3.77. The lowest BCUT2D eigenvalue weighted by atomic mass is 9.79. The number of H-pyrrole nitrogens is 1. The number of hydrogen-bond donors (Lipinski definition) is 1. The van der Waals surface area contributed by atoms with Gasteiger partial charge in [-0.25, -0.2) is 9.37 Å². The van der Waals surface area contributed by atoms with E-state index in [9.17, 15) is 9.18 Å². The summed E-state index contributed by atoms with van der Waals surface area (Å²) in [6.07, 6.45) is 3.27. The Balaban J connectivity index is 1.75. The summed E-state index contributed by atoms with van der Waals surface area (Å²) in [5.74, 6) is -0.233. The Labute approximate surface area is 153 Å². The first-order valence-electron chi connectivity index (χ1n) is 8.58. The lowest BCUT2D eigenvalue weighted by Crippen LogP contribution is -2.28. The average Bonchev–Trinajstić information content (AvgIpc) is 3.16. The molecule has 2 aromatic carbocycles. The van der Waals surface area contributed by atoms with E-state index in [2.05, 4.69) is 25.2 Å². The molecule has 0 saturated heterocycles.